The summed E-state index contributed by atoms with van der Waals surface area (Å²) < 4.78 is 13.5. The van der Waals surface area contributed by atoms with E-state index in [-0.39, 0.29) is 5.56 Å². The van der Waals surface area contributed by atoms with E-state index in [1.165, 1.54) is 6.07 Å². The van der Waals surface area contributed by atoms with Gasteiger partial charge >= 0.3 is 5.97 Å². The van der Waals surface area contributed by atoms with Gasteiger partial charge in [-0.25, -0.2) is 9.18 Å². The van der Waals surface area contributed by atoms with E-state index in [1.54, 1.807) is 12.1 Å². The molecule has 0 radical (unpaired) electrons. The molecule has 14 heavy (non-hydrogen) atoms. The lowest BCUT2D eigenvalue weighted by atomic mass is 10.0. The highest BCUT2D eigenvalue weighted by molar-refractivity contribution is 5.88. The molecule has 2 nitrogen and oxygen atoms in total. The Morgan fingerprint density at radius 1 is 1.50 bits per heavy atom. The molecule has 76 valence electrons. The minimum atomic E-state index is -1.21. The second-order valence-corrected chi connectivity index (χ2v) is 3.19. The fourth-order valence-corrected chi connectivity index (χ4v) is 1.31. The van der Waals surface area contributed by atoms with Crippen molar-refractivity contribution in [3.63, 3.8) is 0 Å². The number of rotatable bonds is 4. The molecule has 0 aliphatic rings. The standard InChI is InChI=1S/C11H13FO2/c1-2-3-5-8-6-4-7-9(10(8)12)11(13)14/h4,6-7H,2-3,5H2,1H3,(H,13,14). The summed E-state index contributed by atoms with van der Waals surface area (Å²) in [5.74, 6) is -1.80. The zero-order valence-corrected chi connectivity index (χ0v) is 8.09. The van der Waals surface area contributed by atoms with Gasteiger partial charge in [0, 0.05) is 0 Å². The number of carbonyl (C=O) groups is 1. The van der Waals surface area contributed by atoms with Crippen molar-refractivity contribution in [2.75, 3.05) is 0 Å². The van der Waals surface area contributed by atoms with Crippen LogP contribution in [0.1, 0.15) is 35.7 Å². The second kappa shape index (κ2) is 4.74. The van der Waals surface area contributed by atoms with Gasteiger partial charge in [0.25, 0.3) is 0 Å². The summed E-state index contributed by atoms with van der Waals surface area (Å²) >= 11 is 0. The Bertz CT molecular complexity index is 334. The van der Waals surface area contributed by atoms with Crippen LogP contribution in [-0.4, -0.2) is 11.1 Å². The highest BCUT2D eigenvalue weighted by Gasteiger charge is 2.12. The van der Waals surface area contributed by atoms with E-state index in [0.717, 1.165) is 12.8 Å². The van der Waals surface area contributed by atoms with Crippen molar-refractivity contribution in [2.24, 2.45) is 0 Å². The zero-order chi connectivity index (χ0) is 10.6. The molecule has 0 aromatic heterocycles. The fraction of sp³-hybridized carbons (Fsp3) is 0.364. The Morgan fingerprint density at radius 2 is 2.21 bits per heavy atom. The third-order valence-electron chi connectivity index (χ3n) is 2.11. The van der Waals surface area contributed by atoms with Gasteiger partial charge in [0.2, 0.25) is 0 Å². The van der Waals surface area contributed by atoms with Gasteiger partial charge in [0.15, 0.2) is 0 Å². The Kier molecular flexibility index (Phi) is 3.63. The molecule has 0 atom stereocenters. The summed E-state index contributed by atoms with van der Waals surface area (Å²) in [5, 5.41) is 8.68. The van der Waals surface area contributed by atoms with Gasteiger partial charge in [0.05, 0.1) is 5.56 Å². The third kappa shape index (κ3) is 2.31. The van der Waals surface area contributed by atoms with Gasteiger partial charge in [-0.05, 0) is 24.5 Å². The average Bonchev–Trinajstić information content (AvgIpc) is 2.16. The number of aryl methyl sites for hydroxylation is 1. The summed E-state index contributed by atoms with van der Waals surface area (Å²) in [6, 6.07) is 4.50. The van der Waals surface area contributed by atoms with Crippen LogP contribution >= 0.6 is 0 Å². The van der Waals surface area contributed by atoms with Gasteiger partial charge in [-0.3, -0.25) is 0 Å². The molecular weight excluding hydrogens is 183 g/mol. The molecule has 1 aromatic rings. The van der Waals surface area contributed by atoms with Crippen molar-refractivity contribution < 1.29 is 14.3 Å². The highest BCUT2D eigenvalue weighted by atomic mass is 19.1. The van der Waals surface area contributed by atoms with Gasteiger partial charge in [0.1, 0.15) is 5.82 Å². The first-order valence-electron chi connectivity index (χ1n) is 4.67. The van der Waals surface area contributed by atoms with E-state index in [1.807, 2.05) is 6.92 Å². The van der Waals surface area contributed by atoms with Gasteiger partial charge in [-0.15, -0.1) is 0 Å². The fourth-order valence-electron chi connectivity index (χ4n) is 1.31. The van der Waals surface area contributed by atoms with E-state index in [0.29, 0.717) is 12.0 Å². The topological polar surface area (TPSA) is 37.3 Å². The van der Waals surface area contributed by atoms with E-state index in [4.69, 9.17) is 5.11 Å². The SMILES string of the molecule is CCCCc1cccc(C(=O)O)c1F. The van der Waals surface area contributed by atoms with Crippen molar-refractivity contribution in [3.8, 4) is 0 Å². The maximum absolute atomic E-state index is 13.5. The molecule has 0 bridgehead atoms. The smallest absolute Gasteiger partial charge is 0.338 e. The molecule has 0 saturated heterocycles. The molecular formula is C11H13FO2. The number of hydrogen-bond acceptors (Lipinski definition) is 1. The summed E-state index contributed by atoms with van der Waals surface area (Å²) in [4.78, 5) is 10.6. The van der Waals surface area contributed by atoms with Crippen LogP contribution in [-0.2, 0) is 6.42 Å². The van der Waals surface area contributed by atoms with Crippen LogP contribution < -0.4 is 0 Å². The largest absolute Gasteiger partial charge is 0.478 e. The van der Waals surface area contributed by atoms with Gasteiger partial charge in [-0.2, -0.15) is 0 Å². The Morgan fingerprint density at radius 3 is 2.79 bits per heavy atom. The zero-order valence-electron chi connectivity index (χ0n) is 8.09. The molecule has 3 heteroatoms. The van der Waals surface area contributed by atoms with Gasteiger partial charge in [-0.1, -0.05) is 25.5 Å². The maximum atomic E-state index is 13.5. The van der Waals surface area contributed by atoms with E-state index in [2.05, 4.69) is 0 Å². The number of halogens is 1. The van der Waals surface area contributed by atoms with Crippen LogP contribution in [0.15, 0.2) is 18.2 Å². The molecule has 0 amide bonds. The first kappa shape index (κ1) is 10.7. The summed E-state index contributed by atoms with van der Waals surface area (Å²) in [5.41, 5.74) is 0.255. The third-order valence-corrected chi connectivity index (χ3v) is 2.11. The van der Waals surface area contributed by atoms with E-state index < -0.39 is 11.8 Å². The van der Waals surface area contributed by atoms with Crippen molar-refractivity contribution in [1.29, 1.82) is 0 Å². The minimum Gasteiger partial charge on any atom is -0.478 e. The van der Waals surface area contributed by atoms with Crippen molar-refractivity contribution in [1.82, 2.24) is 0 Å². The molecule has 1 N–H and O–H groups in total. The van der Waals surface area contributed by atoms with Crippen LogP contribution in [0, 0.1) is 5.82 Å². The molecule has 1 rings (SSSR count). The Hall–Kier alpha value is -1.38. The quantitative estimate of drug-likeness (QED) is 0.803. The first-order valence-corrected chi connectivity index (χ1v) is 4.67. The first-order chi connectivity index (χ1) is 6.66. The number of hydrogen-bond donors (Lipinski definition) is 1. The van der Waals surface area contributed by atoms with Crippen molar-refractivity contribution >= 4 is 5.97 Å². The summed E-state index contributed by atoms with van der Waals surface area (Å²) in [6.07, 6.45) is 2.44. The molecule has 0 unspecified atom stereocenters. The second-order valence-electron chi connectivity index (χ2n) is 3.19. The normalized spacial score (nSPS) is 10.1. The molecule has 0 heterocycles. The summed E-state index contributed by atoms with van der Waals surface area (Å²) in [6.45, 7) is 2.01. The Labute approximate surface area is 82.4 Å². The number of unbranched alkanes of at least 4 members (excludes halogenated alkanes) is 1. The highest BCUT2D eigenvalue weighted by Crippen LogP contribution is 2.15. The van der Waals surface area contributed by atoms with Crippen LogP contribution in [0.3, 0.4) is 0 Å². The van der Waals surface area contributed by atoms with Gasteiger partial charge < -0.3 is 5.11 Å². The van der Waals surface area contributed by atoms with Crippen LogP contribution in [0.5, 0.6) is 0 Å². The Balaban J connectivity index is 2.95. The molecule has 0 spiro atoms. The predicted octanol–water partition coefficient (Wildman–Crippen LogP) is 2.87. The lowest BCUT2D eigenvalue weighted by Crippen LogP contribution is -2.03. The number of carboxylic acid groups (broad SMARTS) is 1. The van der Waals surface area contributed by atoms with E-state index >= 15 is 0 Å². The molecule has 0 saturated carbocycles. The lowest BCUT2D eigenvalue weighted by Gasteiger charge is -2.04. The maximum Gasteiger partial charge on any atom is 0.338 e. The van der Waals surface area contributed by atoms with Crippen LogP contribution in [0.4, 0.5) is 4.39 Å². The number of benzene rings is 1. The summed E-state index contributed by atoms with van der Waals surface area (Å²) in [7, 11) is 0. The monoisotopic (exact) mass is 196 g/mol. The lowest BCUT2D eigenvalue weighted by molar-refractivity contribution is 0.0691. The molecule has 1 aromatic carbocycles. The van der Waals surface area contributed by atoms with Crippen molar-refractivity contribution in [2.45, 2.75) is 26.2 Å². The van der Waals surface area contributed by atoms with Crippen LogP contribution in [0.2, 0.25) is 0 Å². The average molecular weight is 196 g/mol. The van der Waals surface area contributed by atoms with Crippen molar-refractivity contribution in [3.05, 3.63) is 35.1 Å². The van der Waals surface area contributed by atoms with E-state index in [9.17, 15) is 9.18 Å². The molecule has 0 aliphatic heterocycles. The predicted molar refractivity (Wildman–Crippen MR) is 52.0 cm³/mol. The number of carboxylic acids is 1. The molecule has 0 fully saturated rings. The minimum absolute atomic E-state index is 0.237. The molecule has 0 aliphatic carbocycles. The van der Waals surface area contributed by atoms with Crippen LogP contribution in [0.25, 0.3) is 0 Å². The number of aromatic carboxylic acids is 1.